The van der Waals surface area contributed by atoms with Crippen LogP contribution in [0.15, 0.2) is 23.2 Å². The van der Waals surface area contributed by atoms with E-state index in [1.165, 1.54) is 24.0 Å². The normalized spacial score (nSPS) is 22.5. The van der Waals surface area contributed by atoms with Crippen LogP contribution < -0.4 is 16.6 Å². The summed E-state index contributed by atoms with van der Waals surface area (Å²) in [6.07, 6.45) is 3.50. The van der Waals surface area contributed by atoms with Crippen LogP contribution in [0.4, 0.5) is 5.69 Å². The second-order valence-corrected chi connectivity index (χ2v) is 4.03. The third kappa shape index (κ3) is 1.29. The van der Waals surface area contributed by atoms with Crippen molar-refractivity contribution in [3.63, 3.8) is 0 Å². The molecule has 1 atom stereocenters. The fraction of sp³-hybridized carbons (Fsp3) is 0.364. The molecule has 78 valence electrons. The van der Waals surface area contributed by atoms with E-state index in [0.29, 0.717) is 5.96 Å². The molecule has 0 aromatic heterocycles. The van der Waals surface area contributed by atoms with Crippen LogP contribution in [-0.2, 0) is 6.42 Å². The second kappa shape index (κ2) is 3.24. The van der Waals surface area contributed by atoms with Crippen molar-refractivity contribution < 1.29 is 0 Å². The number of hydrogen-bond donors (Lipinski definition) is 3. The number of benzene rings is 1. The zero-order valence-corrected chi connectivity index (χ0v) is 8.46. The van der Waals surface area contributed by atoms with E-state index in [1.807, 2.05) is 0 Å². The number of nitrogens with zero attached hydrogens (tertiary/aromatic N) is 1. The first-order chi connectivity index (χ1) is 7.38. The van der Waals surface area contributed by atoms with Crippen LogP contribution >= 0.6 is 0 Å². The predicted octanol–water partition coefficient (Wildman–Crippen LogP) is 1.31. The summed E-state index contributed by atoms with van der Waals surface area (Å²) in [6, 6.07) is 6.66. The highest BCUT2D eigenvalue weighted by Gasteiger charge is 2.26. The van der Waals surface area contributed by atoms with Gasteiger partial charge in [-0.25, -0.2) is 10.8 Å². The molecule has 3 rings (SSSR count). The van der Waals surface area contributed by atoms with Crippen LogP contribution in [0.1, 0.15) is 30.0 Å². The Hall–Kier alpha value is -1.55. The van der Waals surface area contributed by atoms with Gasteiger partial charge in [0.25, 0.3) is 0 Å². The molecule has 0 saturated heterocycles. The summed E-state index contributed by atoms with van der Waals surface area (Å²) in [6.45, 7) is 0. The maximum Gasteiger partial charge on any atom is 0.210 e. The molecule has 0 amide bonds. The topological polar surface area (TPSA) is 62.4 Å². The average Bonchev–Trinajstić information content (AvgIpc) is 2.29. The van der Waals surface area contributed by atoms with E-state index in [1.54, 1.807) is 0 Å². The number of guanidine groups is 1. The van der Waals surface area contributed by atoms with Crippen molar-refractivity contribution in [2.45, 2.75) is 25.3 Å². The van der Waals surface area contributed by atoms with Crippen molar-refractivity contribution in [2.75, 3.05) is 5.32 Å². The van der Waals surface area contributed by atoms with E-state index in [-0.39, 0.29) is 6.04 Å². The summed E-state index contributed by atoms with van der Waals surface area (Å²) < 4.78 is 0. The largest absolute Gasteiger partial charge is 0.325 e. The van der Waals surface area contributed by atoms with Gasteiger partial charge in [0.2, 0.25) is 5.96 Å². The summed E-state index contributed by atoms with van der Waals surface area (Å²) in [7, 11) is 0. The molecule has 1 heterocycles. The van der Waals surface area contributed by atoms with E-state index in [2.05, 4.69) is 33.9 Å². The summed E-state index contributed by atoms with van der Waals surface area (Å²) >= 11 is 0. The maximum atomic E-state index is 5.39. The molecule has 1 aliphatic carbocycles. The van der Waals surface area contributed by atoms with Crippen LogP contribution in [0, 0.1) is 0 Å². The molecule has 0 spiro atoms. The molecule has 1 aromatic rings. The van der Waals surface area contributed by atoms with E-state index >= 15 is 0 Å². The van der Waals surface area contributed by atoms with Crippen molar-refractivity contribution >= 4 is 11.6 Å². The number of hydrazine groups is 1. The molecule has 0 fully saturated rings. The summed E-state index contributed by atoms with van der Waals surface area (Å²) in [5, 5.41) is 3.20. The fourth-order valence-corrected chi connectivity index (χ4v) is 2.48. The summed E-state index contributed by atoms with van der Waals surface area (Å²) in [4.78, 5) is 4.54. The van der Waals surface area contributed by atoms with Crippen molar-refractivity contribution in [1.82, 2.24) is 5.43 Å². The van der Waals surface area contributed by atoms with Gasteiger partial charge in [0, 0.05) is 11.3 Å². The predicted molar refractivity (Wildman–Crippen MR) is 60.5 cm³/mol. The molecule has 0 bridgehead atoms. The molecule has 0 saturated carbocycles. The Labute approximate surface area is 88.5 Å². The van der Waals surface area contributed by atoms with Gasteiger partial charge in [-0.15, -0.1) is 0 Å². The minimum atomic E-state index is 0.289. The van der Waals surface area contributed by atoms with Gasteiger partial charge in [0.15, 0.2) is 0 Å². The number of hydrogen-bond acceptors (Lipinski definition) is 4. The lowest BCUT2D eigenvalue weighted by molar-refractivity contribution is 0.567. The Morgan fingerprint density at radius 3 is 3.27 bits per heavy atom. The molecule has 4 heteroatoms. The zero-order chi connectivity index (χ0) is 10.3. The third-order valence-electron chi connectivity index (χ3n) is 3.13. The monoisotopic (exact) mass is 202 g/mol. The number of anilines is 1. The molecule has 1 aromatic carbocycles. The average molecular weight is 202 g/mol. The van der Waals surface area contributed by atoms with Gasteiger partial charge in [-0.05, 0) is 30.9 Å². The molecule has 4 nitrogen and oxygen atoms in total. The zero-order valence-electron chi connectivity index (χ0n) is 8.46. The highest BCUT2D eigenvalue weighted by molar-refractivity contribution is 5.96. The summed E-state index contributed by atoms with van der Waals surface area (Å²) in [5.41, 5.74) is 6.54. The Kier molecular flexibility index (Phi) is 1.89. The van der Waals surface area contributed by atoms with Crippen LogP contribution in [0.5, 0.6) is 0 Å². The van der Waals surface area contributed by atoms with Crippen molar-refractivity contribution in [2.24, 2.45) is 10.8 Å². The van der Waals surface area contributed by atoms with Gasteiger partial charge in [-0.2, -0.15) is 0 Å². The Bertz CT molecular complexity index is 425. The Morgan fingerprint density at radius 1 is 1.47 bits per heavy atom. The van der Waals surface area contributed by atoms with Gasteiger partial charge in [0.1, 0.15) is 0 Å². The molecule has 15 heavy (non-hydrogen) atoms. The number of aryl methyl sites for hydroxylation is 1. The fourth-order valence-electron chi connectivity index (χ4n) is 2.48. The first-order valence-corrected chi connectivity index (χ1v) is 5.31. The molecule has 1 aliphatic heterocycles. The smallest absolute Gasteiger partial charge is 0.210 e. The van der Waals surface area contributed by atoms with Gasteiger partial charge in [-0.3, -0.25) is 5.43 Å². The summed E-state index contributed by atoms with van der Waals surface area (Å²) in [5.74, 6) is 6.06. The Balaban J connectivity index is 2.12. The minimum absolute atomic E-state index is 0.289. The van der Waals surface area contributed by atoms with E-state index in [4.69, 9.17) is 5.84 Å². The van der Waals surface area contributed by atoms with Gasteiger partial charge < -0.3 is 5.32 Å². The third-order valence-corrected chi connectivity index (χ3v) is 3.13. The molecule has 0 radical (unpaired) electrons. The van der Waals surface area contributed by atoms with Crippen molar-refractivity contribution in [3.05, 3.63) is 29.3 Å². The number of nitrogens with two attached hydrogens (primary N) is 1. The standard InChI is InChI=1S/C11H14N4/c12-15-11-13-8-5-1-3-7-4-2-6-9(14-11)10(7)8/h1,3,5,9H,2,4,6,12H2,(H2,13,14,15). The Morgan fingerprint density at radius 2 is 2.40 bits per heavy atom. The minimum Gasteiger partial charge on any atom is -0.325 e. The first-order valence-electron chi connectivity index (χ1n) is 5.31. The quantitative estimate of drug-likeness (QED) is 0.439. The number of rotatable bonds is 0. The van der Waals surface area contributed by atoms with Crippen molar-refractivity contribution in [3.8, 4) is 0 Å². The van der Waals surface area contributed by atoms with Crippen LogP contribution in [-0.4, -0.2) is 5.96 Å². The highest BCUT2D eigenvalue weighted by atomic mass is 15.3. The van der Waals surface area contributed by atoms with Crippen LogP contribution in [0.25, 0.3) is 0 Å². The lowest BCUT2D eigenvalue weighted by atomic mass is 9.86. The van der Waals surface area contributed by atoms with E-state index in [0.717, 1.165) is 12.1 Å². The van der Waals surface area contributed by atoms with E-state index < -0.39 is 0 Å². The second-order valence-electron chi connectivity index (χ2n) is 4.03. The highest BCUT2D eigenvalue weighted by Crippen LogP contribution is 2.39. The van der Waals surface area contributed by atoms with Gasteiger partial charge in [0.05, 0.1) is 6.04 Å². The maximum absolute atomic E-state index is 5.39. The first kappa shape index (κ1) is 8.73. The van der Waals surface area contributed by atoms with Crippen LogP contribution in [0.3, 0.4) is 0 Å². The lowest BCUT2D eigenvalue weighted by Gasteiger charge is -2.30. The molecule has 1 unspecified atom stereocenters. The molecule has 4 N–H and O–H groups in total. The molecular weight excluding hydrogens is 188 g/mol. The van der Waals surface area contributed by atoms with E-state index in [9.17, 15) is 0 Å². The molecule has 2 aliphatic rings. The lowest BCUT2D eigenvalue weighted by Crippen LogP contribution is -2.39. The number of nitrogens with one attached hydrogen (secondary N) is 2. The SMILES string of the molecule is NNC1=NC2CCCc3cccc(c32)N1. The number of aliphatic imine (C=N–C) groups is 1. The van der Waals surface area contributed by atoms with Crippen molar-refractivity contribution in [1.29, 1.82) is 0 Å². The van der Waals surface area contributed by atoms with Gasteiger partial charge in [-0.1, -0.05) is 12.1 Å². The van der Waals surface area contributed by atoms with Gasteiger partial charge >= 0.3 is 0 Å². The molecular formula is C11H14N4. The van der Waals surface area contributed by atoms with Crippen LogP contribution in [0.2, 0.25) is 0 Å².